The van der Waals surface area contributed by atoms with Gasteiger partial charge in [0.25, 0.3) is 5.91 Å². The van der Waals surface area contributed by atoms with Gasteiger partial charge in [-0.2, -0.15) is 0 Å². The fourth-order valence-corrected chi connectivity index (χ4v) is 4.42. The molecule has 6 nitrogen and oxygen atoms in total. The summed E-state index contributed by atoms with van der Waals surface area (Å²) in [6.45, 7) is 2.09. The van der Waals surface area contributed by atoms with Gasteiger partial charge in [0.1, 0.15) is 15.6 Å². The van der Waals surface area contributed by atoms with Gasteiger partial charge in [0, 0.05) is 23.0 Å². The first kappa shape index (κ1) is 23.2. The first-order valence-electron chi connectivity index (χ1n) is 10.9. The molecule has 0 aliphatic rings. The highest BCUT2D eigenvalue weighted by Crippen LogP contribution is 2.30. The zero-order chi connectivity index (χ0) is 23.9. The fourth-order valence-electron chi connectivity index (χ4n) is 3.44. The lowest BCUT2D eigenvalue weighted by molar-refractivity contribution is -0.115. The van der Waals surface area contributed by atoms with Crippen LogP contribution in [0.2, 0.25) is 0 Å². The molecule has 34 heavy (non-hydrogen) atoms. The number of carbonyl (C=O) groups excluding carboxylic acids is 2. The van der Waals surface area contributed by atoms with Gasteiger partial charge in [0.05, 0.1) is 19.2 Å². The highest BCUT2D eigenvalue weighted by atomic mass is 32.1. The van der Waals surface area contributed by atoms with Crippen LogP contribution in [0, 0.1) is 0 Å². The Hall–Kier alpha value is -3.97. The predicted molar refractivity (Wildman–Crippen MR) is 137 cm³/mol. The van der Waals surface area contributed by atoms with E-state index in [9.17, 15) is 9.59 Å². The van der Waals surface area contributed by atoms with Crippen molar-refractivity contribution in [2.24, 2.45) is 0 Å². The molecule has 0 aliphatic heterocycles. The second-order valence-corrected chi connectivity index (χ2v) is 8.70. The minimum atomic E-state index is -0.286. The molecule has 0 spiro atoms. The Labute approximate surface area is 202 Å². The van der Waals surface area contributed by atoms with Gasteiger partial charge in [-0.15, -0.1) is 11.3 Å². The fraction of sp³-hybridized carbons (Fsp3) is 0.148. The maximum absolute atomic E-state index is 13.2. The third kappa shape index (κ3) is 5.68. The molecular weight excluding hydrogens is 446 g/mol. The van der Waals surface area contributed by atoms with Crippen LogP contribution in [-0.2, 0) is 17.6 Å². The van der Waals surface area contributed by atoms with Gasteiger partial charge in [-0.3, -0.25) is 9.59 Å². The predicted octanol–water partition coefficient (Wildman–Crippen LogP) is 5.81. The number of benzene rings is 3. The summed E-state index contributed by atoms with van der Waals surface area (Å²) in [6, 6.07) is 24.4. The van der Waals surface area contributed by atoms with Crippen molar-refractivity contribution in [3.8, 4) is 17.0 Å². The van der Waals surface area contributed by atoms with E-state index < -0.39 is 0 Å². The number of rotatable bonds is 8. The summed E-state index contributed by atoms with van der Waals surface area (Å²) in [6.07, 6.45) is 1.02. The number of nitrogens with zero attached hydrogens (tertiary/aromatic N) is 1. The number of aromatic nitrogens is 1. The van der Waals surface area contributed by atoms with Crippen molar-refractivity contribution in [3.05, 3.63) is 94.3 Å². The van der Waals surface area contributed by atoms with Crippen molar-refractivity contribution < 1.29 is 14.3 Å². The van der Waals surface area contributed by atoms with E-state index in [4.69, 9.17) is 4.74 Å². The van der Waals surface area contributed by atoms with E-state index in [0.29, 0.717) is 27.0 Å². The summed E-state index contributed by atoms with van der Waals surface area (Å²) in [4.78, 5) is 30.9. The maximum Gasteiger partial charge on any atom is 0.268 e. The number of carbonyl (C=O) groups is 2. The molecule has 2 amide bonds. The standard InChI is InChI=1S/C27H25N3O3S/c1-3-18-12-14-20(15-13-18)28-23(31)17-24-30-25(19-8-5-4-6-9-19)26(34-24)27(32)29-21-10-7-11-22(16-21)33-2/h4-16H,3,17H2,1-2H3,(H,28,31)(H,29,32). The molecule has 2 N–H and O–H groups in total. The van der Waals surface area contributed by atoms with Crippen molar-refractivity contribution in [3.63, 3.8) is 0 Å². The van der Waals surface area contributed by atoms with E-state index in [1.807, 2.05) is 66.7 Å². The van der Waals surface area contributed by atoms with E-state index in [1.165, 1.54) is 16.9 Å². The molecule has 0 saturated heterocycles. The number of aryl methyl sites for hydroxylation is 1. The molecule has 0 radical (unpaired) electrons. The molecule has 1 aromatic heterocycles. The van der Waals surface area contributed by atoms with Gasteiger partial charge in [0.2, 0.25) is 5.91 Å². The third-order valence-corrected chi connectivity index (χ3v) is 6.26. The van der Waals surface area contributed by atoms with Crippen molar-refractivity contribution in [2.75, 3.05) is 17.7 Å². The molecule has 0 unspecified atom stereocenters. The van der Waals surface area contributed by atoms with Crippen LogP contribution in [0.25, 0.3) is 11.3 Å². The minimum absolute atomic E-state index is 0.0759. The molecule has 4 aromatic rings. The Balaban J connectivity index is 1.56. The number of anilines is 2. The normalized spacial score (nSPS) is 10.5. The summed E-state index contributed by atoms with van der Waals surface area (Å²) in [5.41, 5.74) is 3.93. The maximum atomic E-state index is 13.2. The lowest BCUT2D eigenvalue weighted by Gasteiger charge is -2.07. The van der Waals surface area contributed by atoms with Gasteiger partial charge >= 0.3 is 0 Å². The Morgan fingerprint density at radius 3 is 2.38 bits per heavy atom. The molecule has 3 aromatic carbocycles. The number of hydrogen-bond acceptors (Lipinski definition) is 5. The Bertz CT molecular complexity index is 1280. The Kier molecular flexibility index (Phi) is 7.34. The van der Waals surface area contributed by atoms with Crippen molar-refractivity contribution in [2.45, 2.75) is 19.8 Å². The second kappa shape index (κ2) is 10.8. The van der Waals surface area contributed by atoms with Crippen molar-refractivity contribution in [1.29, 1.82) is 0 Å². The Morgan fingerprint density at radius 2 is 1.68 bits per heavy atom. The SMILES string of the molecule is CCc1ccc(NC(=O)Cc2nc(-c3ccccc3)c(C(=O)Nc3cccc(OC)c3)s2)cc1. The summed E-state index contributed by atoms with van der Waals surface area (Å²) >= 11 is 1.22. The van der Waals surface area contributed by atoms with Gasteiger partial charge < -0.3 is 15.4 Å². The zero-order valence-electron chi connectivity index (χ0n) is 19.0. The van der Waals surface area contributed by atoms with Crippen LogP contribution in [0.4, 0.5) is 11.4 Å². The number of thiazole rings is 1. The molecule has 172 valence electrons. The molecule has 0 saturated carbocycles. The van der Waals surface area contributed by atoms with Crippen LogP contribution < -0.4 is 15.4 Å². The Morgan fingerprint density at radius 1 is 0.912 bits per heavy atom. The van der Waals surface area contributed by atoms with Crippen LogP contribution in [0.15, 0.2) is 78.9 Å². The molecule has 0 fully saturated rings. The highest BCUT2D eigenvalue weighted by Gasteiger charge is 2.21. The van der Waals surface area contributed by atoms with Crippen LogP contribution in [0.1, 0.15) is 27.2 Å². The van der Waals surface area contributed by atoms with Crippen molar-refractivity contribution in [1.82, 2.24) is 4.98 Å². The topological polar surface area (TPSA) is 80.3 Å². The number of methoxy groups -OCH3 is 1. The minimum Gasteiger partial charge on any atom is -0.497 e. The summed E-state index contributed by atoms with van der Waals surface area (Å²) in [7, 11) is 1.58. The monoisotopic (exact) mass is 471 g/mol. The molecule has 0 bridgehead atoms. The first-order valence-corrected chi connectivity index (χ1v) is 11.8. The van der Waals surface area contributed by atoms with Gasteiger partial charge in [0.15, 0.2) is 0 Å². The van der Waals surface area contributed by atoms with Crippen LogP contribution in [-0.4, -0.2) is 23.9 Å². The van der Waals surface area contributed by atoms with Gasteiger partial charge in [-0.05, 0) is 36.2 Å². The van der Waals surface area contributed by atoms with E-state index in [1.54, 1.807) is 19.2 Å². The molecule has 0 atom stereocenters. The third-order valence-electron chi connectivity index (χ3n) is 5.21. The molecular formula is C27H25N3O3S. The smallest absolute Gasteiger partial charge is 0.268 e. The average Bonchev–Trinajstić information content (AvgIpc) is 3.29. The largest absolute Gasteiger partial charge is 0.497 e. The molecule has 1 heterocycles. The summed E-state index contributed by atoms with van der Waals surface area (Å²) < 4.78 is 5.24. The van der Waals surface area contributed by atoms with Crippen LogP contribution >= 0.6 is 11.3 Å². The number of hydrogen-bond donors (Lipinski definition) is 2. The van der Waals surface area contributed by atoms with E-state index in [2.05, 4.69) is 22.5 Å². The lowest BCUT2D eigenvalue weighted by atomic mass is 10.1. The van der Waals surface area contributed by atoms with Crippen molar-refractivity contribution >= 4 is 34.5 Å². The summed E-state index contributed by atoms with van der Waals surface area (Å²) in [5, 5.41) is 6.38. The van der Waals surface area contributed by atoms with E-state index in [0.717, 1.165) is 17.7 Å². The van der Waals surface area contributed by atoms with Crippen LogP contribution in [0.5, 0.6) is 5.75 Å². The quantitative estimate of drug-likeness (QED) is 0.340. The average molecular weight is 472 g/mol. The number of ether oxygens (including phenoxy) is 1. The zero-order valence-corrected chi connectivity index (χ0v) is 19.8. The van der Waals surface area contributed by atoms with Gasteiger partial charge in [-0.1, -0.05) is 55.5 Å². The van der Waals surface area contributed by atoms with E-state index >= 15 is 0 Å². The molecule has 4 rings (SSSR count). The van der Waals surface area contributed by atoms with E-state index in [-0.39, 0.29) is 18.2 Å². The summed E-state index contributed by atoms with van der Waals surface area (Å²) in [5.74, 6) is 0.179. The number of amides is 2. The van der Waals surface area contributed by atoms with Crippen LogP contribution in [0.3, 0.4) is 0 Å². The lowest BCUT2D eigenvalue weighted by Crippen LogP contribution is -2.14. The first-order chi connectivity index (χ1) is 16.6. The molecule has 7 heteroatoms. The highest BCUT2D eigenvalue weighted by molar-refractivity contribution is 7.14. The number of nitrogens with one attached hydrogen (secondary N) is 2. The molecule has 0 aliphatic carbocycles. The second-order valence-electron chi connectivity index (χ2n) is 7.61. The van der Waals surface area contributed by atoms with Gasteiger partial charge in [-0.25, -0.2) is 4.98 Å².